The van der Waals surface area contributed by atoms with E-state index in [0.717, 1.165) is 16.7 Å². The summed E-state index contributed by atoms with van der Waals surface area (Å²) in [7, 11) is 0. The molecular weight excluding hydrogens is 238 g/mol. The second-order valence-electron chi connectivity index (χ2n) is 5.02. The lowest BCUT2D eigenvalue weighted by atomic mass is 9.99. The first-order valence-electron chi connectivity index (χ1n) is 6.34. The van der Waals surface area contributed by atoms with Gasteiger partial charge in [0.2, 0.25) is 0 Å². The van der Waals surface area contributed by atoms with E-state index in [9.17, 15) is 4.79 Å². The van der Waals surface area contributed by atoms with Crippen LogP contribution in [-0.4, -0.2) is 9.78 Å². The first-order valence-corrected chi connectivity index (χ1v) is 6.34. The Morgan fingerprint density at radius 1 is 1.21 bits per heavy atom. The van der Waals surface area contributed by atoms with Crippen molar-refractivity contribution in [1.29, 1.82) is 0 Å². The highest BCUT2D eigenvalue weighted by Crippen LogP contribution is 2.18. The second-order valence-corrected chi connectivity index (χ2v) is 5.02. The van der Waals surface area contributed by atoms with E-state index in [2.05, 4.69) is 23.3 Å². The van der Waals surface area contributed by atoms with Crippen LogP contribution in [0.1, 0.15) is 28.3 Å². The fraction of sp³-hybridized carbons (Fsp3) is 0.333. The summed E-state index contributed by atoms with van der Waals surface area (Å²) in [5.41, 5.74) is 10.3. The van der Waals surface area contributed by atoms with Crippen molar-refractivity contribution in [3.63, 3.8) is 0 Å². The van der Waals surface area contributed by atoms with Crippen LogP contribution in [0.2, 0.25) is 0 Å². The molecule has 0 saturated heterocycles. The average molecular weight is 257 g/mol. The van der Waals surface area contributed by atoms with Gasteiger partial charge in [0.15, 0.2) is 0 Å². The molecule has 2 N–H and O–H groups in total. The minimum atomic E-state index is -0.229. The van der Waals surface area contributed by atoms with Gasteiger partial charge in [-0.15, -0.1) is 0 Å². The van der Waals surface area contributed by atoms with Crippen molar-refractivity contribution >= 4 is 0 Å². The number of nitrogens with zero attached hydrogens (tertiary/aromatic N) is 2. The Bertz CT molecular complexity index is 646. The lowest BCUT2D eigenvalue weighted by molar-refractivity contribution is 0.501. The first kappa shape index (κ1) is 13.5. The van der Waals surface area contributed by atoms with Crippen LogP contribution in [0.4, 0.5) is 0 Å². The molecule has 0 radical (unpaired) electrons. The molecule has 0 aliphatic carbocycles. The van der Waals surface area contributed by atoms with Gasteiger partial charge in [0.05, 0.1) is 12.7 Å². The summed E-state index contributed by atoms with van der Waals surface area (Å²) in [6.45, 7) is 6.30. The highest BCUT2D eigenvalue weighted by Gasteiger charge is 2.11. The average Bonchev–Trinajstić information content (AvgIpc) is 2.35. The molecule has 0 amide bonds. The lowest BCUT2D eigenvalue weighted by Gasteiger charge is -2.16. The van der Waals surface area contributed by atoms with Crippen LogP contribution in [-0.2, 0) is 6.54 Å². The van der Waals surface area contributed by atoms with Crippen molar-refractivity contribution in [1.82, 2.24) is 9.78 Å². The number of nitrogens with two attached hydrogens (primary N) is 1. The summed E-state index contributed by atoms with van der Waals surface area (Å²) in [4.78, 5) is 11.8. The van der Waals surface area contributed by atoms with Crippen molar-refractivity contribution < 1.29 is 0 Å². The maximum Gasteiger partial charge on any atom is 0.267 e. The van der Waals surface area contributed by atoms with E-state index in [1.165, 1.54) is 10.2 Å². The topological polar surface area (TPSA) is 60.9 Å². The van der Waals surface area contributed by atoms with Gasteiger partial charge in [-0.3, -0.25) is 4.79 Å². The molecule has 4 heteroatoms. The van der Waals surface area contributed by atoms with Crippen LogP contribution < -0.4 is 11.3 Å². The number of hydrogen-bond acceptors (Lipinski definition) is 3. The zero-order chi connectivity index (χ0) is 14.0. The number of hydrogen-bond donors (Lipinski definition) is 1. The van der Waals surface area contributed by atoms with E-state index >= 15 is 0 Å². The smallest absolute Gasteiger partial charge is 0.267 e. The van der Waals surface area contributed by atoms with Gasteiger partial charge in [0.1, 0.15) is 0 Å². The highest BCUT2D eigenvalue weighted by molar-refractivity contribution is 5.32. The van der Waals surface area contributed by atoms with E-state index in [4.69, 9.17) is 5.73 Å². The van der Waals surface area contributed by atoms with Gasteiger partial charge in [-0.05, 0) is 37.5 Å². The van der Waals surface area contributed by atoms with E-state index in [1.54, 1.807) is 12.3 Å². The molecule has 19 heavy (non-hydrogen) atoms. The third-order valence-electron chi connectivity index (χ3n) is 3.21. The van der Waals surface area contributed by atoms with E-state index in [0.29, 0.717) is 6.54 Å². The van der Waals surface area contributed by atoms with Gasteiger partial charge in [-0.25, -0.2) is 4.68 Å². The first-order chi connectivity index (χ1) is 8.97. The standard InChI is InChI=1S/C15H19N3O/c1-10-4-5-12(3)13(6-10)14(16)9-18-15(19)7-11(2)8-17-18/h4-8,14H,9,16H2,1-3H3. The Labute approximate surface area is 112 Å². The summed E-state index contributed by atoms with van der Waals surface area (Å²) < 4.78 is 1.42. The fourth-order valence-electron chi connectivity index (χ4n) is 2.11. The molecule has 0 spiro atoms. The Balaban J connectivity index is 2.28. The van der Waals surface area contributed by atoms with Crippen molar-refractivity contribution in [3.05, 3.63) is 63.1 Å². The third kappa shape index (κ3) is 3.09. The van der Waals surface area contributed by atoms with Crippen LogP contribution >= 0.6 is 0 Å². The molecule has 100 valence electrons. The highest BCUT2D eigenvalue weighted by atomic mass is 16.1. The molecule has 1 aromatic carbocycles. The quantitative estimate of drug-likeness (QED) is 0.913. The van der Waals surface area contributed by atoms with Crippen molar-refractivity contribution in [2.24, 2.45) is 5.73 Å². The molecule has 0 bridgehead atoms. The minimum Gasteiger partial charge on any atom is -0.322 e. The molecule has 4 nitrogen and oxygen atoms in total. The van der Waals surface area contributed by atoms with Crippen LogP contribution in [0.3, 0.4) is 0 Å². The molecular formula is C15H19N3O. The van der Waals surface area contributed by atoms with Crippen LogP contribution in [0.15, 0.2) is 35.3 Å². The summed E-state index contributed by atoms with van der Waals surface area (Å²) in [6, 6.07) is 7.52. The molecule has 1 atom stereocenters. The SMILES string of the molecule is Cc1ccc(C)c(C(N)Cn2ncc(C)cc2=O)c1. The fourth-order valence-corrected chi connectivity index (χ4v) is 2.11. The predicted molar refractivity (Wildman–Crippen MR) is 76.1 cm³/mol. The molecule has 1 heterocycles. The monoisotopic (exact) mass is 257 g/mol. The summed E-state index contributed by atoms with van der Waals surface area (Å²) in [5, 5.41) is 4.12. The molecule has 0 saturated carbocycles. The van der Waals surface area contributed by atoms with Crippen molar-refractivity contribution in [3.8, 4) is 0 Å². The number of aryl methyl sites for hydroxylation is 3. The van der Waals surface area contributed by atoms with E-state index < -0.39 is 0 Å². The predicted octanol–water partition coefficient (Wildman–Crippen LogP) is 1.87. The second kappa shape index (κ2) is 5.36. The molecule has 2 rings (SSSR count). The summed E-state index contributed by atoms with van der Waals surface area (Å²) in [6.07, 6.45) is 1.68. The molecule has 0 aliphatic heterocycles. The van der Waals surface area contributed by atoms with Gasteiger partial charge in [0, 0.05) is 12.1 Å². The Kier molecular flexibility index (Phi) is 3.81. The van der Waals surface area contributed by atoms with Gasteiger partial charge in [0.25, 0.3) is 5.56 Å². The largest absolute Gasteiger partial charge is 0.322 e. The summed E-state index contributed by atoms with van der Waals surface area (Å²) >= 11 is 0. The minimum absolute atomic E-state index is 0.110. The summed E-state index contributed by atoms with van der Waals surface area (Å²) in [5.74, 6) is 0. The molecule has 2 aromatic rings. The van der Waals surface area contributed by atoms with Gasteiger partial charge < -0.3 is 5.73 Å². The number of aromatic nitrogens is 2. The van der Waals surface area contributed by atoms with Gasteiger partial charge >= 0.3 is 0 Å². The van der Waals surface area contributed by atoms with Crippen LogP contribution in [0.5, 0.6) is 0 Å². The van der Waals surface area contributed by atoms with Crippen molar-refractivity contribution in [2.75, 3.05) is 0 Å². The maximum absolute atomic E-state index is 11.8. The Morgan fingerprint density at radius 3 is 2.63 bits per heavy atom. The van der Waals surface area contributed by atoms with Crippen LogP contribution in [0, 0.1) is 20.8 Å². The zero-order valence-corrected chi connectivity index (χ0v) is 11.6. The molecule has 1 aromatic heterocycles. The normalized spacial score (nSPS) is 12.4. The number of benzene rings is 1. The van der Waals surface area contributed by atoms with E-state index in [1.807, 2.05) is 20.8 Å². The lowest BCUT2D eigenvalue weighted by Crippen LogP contribution is -2.28. The Morgan fingerprint density at radius 2 is 1.95 bits per heavy atom. The maximum atomic E-state index is 11.8. The number of rotatable bonds is 3. The Hall–Kier alpha value is -1.94. The van der Waals surface area contributed by atoms with Crippen LogP contribution in [0.25, 0.3) is 0 Å². The van der Waals surface area contributed by atoms with E-state index in [-0.39, 0.29) is 11.6 Å². The third-order valence-corrected chi connectivity index (χ3v) is 3.21. The van der Waals surface area contributed by atoms with Crippen molar-refractivity contribution in [2.45, 2.75) is 33.4 Å². The van der Waals surface area contributed by atoms with Gasteiger partial charge in [-0.2, -0.15) is 5.10 Å². The molecule has 0 aliphatic rings. The molecule has 0 fully saturated rings. The molecule has 1 unspecified atom stereocenters. The van der Waals surface area contributed by atoms with Gasteiger partial charge in [-0.1, -0.05) is 23.8 Å². The zero-order valence-electron chi connectivity index (χ0n) is 11.6.